The molecule has 0 aromatic heterocycles. The summed E-state index contributed by atoms with van der Waals surface area (Å²) in [4.78, 5) is 20.9. The van der Waals surface area contributed by atoms with E-state index in [1.54, 1.807) is 24.3 Å². The van der Waals surface area contributed by atoms with Crippen LogP contribution in [0.1, 0.15) is 43.7 Å². The summed E-state index contributed by atoms with van der Waals surface area (Å²) in [5, 5.41) is 31.2. The molecule has 0 aliphatic carbocycles. The molecule has 0 atom stereocenters. The third kappa shape index (κ3) is 7.38. The highest BCUT2D eigenvalue weighted by atomic mass is 16.6. The predicted molar refractivity (Wildman–Crippen MR) is 117 cm³/mol. The molecule has 0 heterocycles. The lowest BCUT2D eigenvalue weighted by atomic mass is 10.1. The molecule has 0 unspecified atom stereocenters. The van der Waals surface area contributed by atoms with Gasteiger partial charge in [-0.05, 0) is 36.3 Å². The molecule has 9 heteroatoms. The van der Waals surface area contributed by atoms with Gasteiger partial charge in [0.2, 0.25) is 0 Å². The smallest absolute Gasteiger partial charge is 0.283 e. The molecule has 0 aliphatic rings. The van der Waals surface area contributed by atoms with Crippen LogP contribution >= 0.6 is 0 Å². The van der Waals surface area contributed by atoms with Crippen molar-refractivity contribution in [1.29, 1.82) is 0 Å². The zero-order valence-electron chi connectivity index (χ0n) is 17.4. The number of rotatable bonds is 13. The van der Waals surface area contributed by atoms with Gasteiger partial charge in [0.25, 0.3) is 11.4 Å². The minimum Gasteiger partial charge on any atom is -0.490 e. The predicted octanol–water partition coefficient (Wildman–Crippen LogP) is 5.00. The molecular weight excluding hydrogens is 404 g/mol. The molecule has 0 spiro atoms. The van der Waals surface area contributed by atoms with Crippen molar-refractivity contribution in [1.82, 2.24) is 0 Å². The first-order valence-corrected chi connectivity index (χ1v) is 10.1. The lowest BCUT2D eigenvalue weighted by Gasteiger charge is -2.13. The van der Waals surface area contributed by atoms with Crippen LogP contribution in [0.2, 0.25) is 0 Å². The molecule has 0 saturated carbocycles. The number of ether oxygens (including phenoxy) is 2. The summed E-state index contributed by atoms with van der Waals surface area (Å²) in [5.74, 6) is 1.02. The number of hydrogen-bond acceptors (Lipinski definition) is 7. The molecular formula is C22H26N2O7. The van der Waals surface area contributed by atoms with E-state index in [0.29, 0.717) is 23.7 Å². The van der Waals surface area contributed by atoms with Crippen molar-refractivity contribution >= 4 is 23.5 Å². The van der Waals surface area contributed by atoms with E-state index < -0.39 is 9.85 Å². The van der Waals surface area contributed by atoms with Crippen LogP contribution in [0, 0.1) is 20.2 Å². The van der Waals surface area contributed by atoms with Crippen LogP contribution < -0.4 is 9.47 Å². The number of nitro benzene ring substituents is 2. The average molecular weight is 430 g/mol. The van der Waals surface area contributed by atoms with E-state index in [2.05, 4.69) is 6.92 Å². The fourth-order valence-electron chi connectivity index (χ4n) is 2.86. The van der Waals surface area contributed by atoms with Crippen molar-refractivity contribution in [2.45, 2.75) is 32.6 Å². The normalized spacial score (nSPS) is 10.9. The highest BCUT2D eigenvalue weighted by Crippen LogP contribution is 2.31. The molecule has 0 aliphatic heterocycles. The SMILES string of the molecule is CCCCCCOc1cc(/C=C/c2ccc([N+](=O)[O-])cc2[N+](=O)[O-])ccc1OCCO. The summed E-state index contributed by atoms with van der Waals surface area (Å²) in [6.07, 6.45) is 7.41. The van der Waals surface area contributed by atoms with Gasteiger partial charge in [-0.1, -0.05) is 38.3 Å². The number of nitro groups is 2. The van der Waals surface area contributed by atoms with E-state index in [9.17, 15) is 20.2 Å². The van der Waals surface area contributed by atoms with E-state index >= 15 is 0 Å². The van der Waals surface area contributed by atoms with Crippen LogP contribution in [-0.2, 0) is 0 Å². The topological polar surface area (TPSA) is 125 Å². The fraction of sp³-hybridized carbons (Fsp3) is 0.364. The Labute approximate surface area is 180 Å². The fourth-order valence-corrected chi connectivity index (χ4v) is 2.86. The molecule has 9 nitrogen and oxygen atoms in total. The highest BCUT2D eigenvalue weighted by molar-refractivity contribution is 5.75. The maximum Gasteiger partial charge on any atom is 0.283 e. The Kier molecular flexibility index (Phi) is 9.44. The summed E-state index contributed by atoms with van der Waals surface area (Å²) in [6.45, 7) is 2.67. The van der Waals surface area contributed by atoms with Gasteiger partial charge in [-0.3, -0.25) is 20.2 Å². The standard InChI is InChI=1S/C22H26N2O7/c1-2-3-4-5-13-30-22-15-17(7-11-21(22)31-14-12-25)6-8-18-9-10-19(23(26)27)16-20(18)24(28)29/h6-11,15-16,25H,2-5,12-14H2,1H3/b8-6+. The summed E-state index contributed by atoms with van der Waals surface area (Å²) >= 11 is 0. The molecule has 0 bridgehead atoms. The quantitative estimate of drug-likeness (QED) is 0.205. The Morgan fingerprint density at radius 3 is 2.35 bits per heavy atom. The number of nitrogens with zero attached hydrogens (tertiary/aromatic N) is 2. The third-order valence-electron chi connectivity index (χ3n) is 4.45. The molecule has 2 aromatic carbocycles. The van der Waals surface area contributed by atoms with Crippen molar-refractivity contribution in [3.05, 3.63) is 67.8 Å². The summed E-state index contributed by atoms with van der Waals surface area (Å²) in [7, 11) is 0. The van der Waals surface area contributed by atoms with Gasteiger partial charge in [0.1, 0.15) is 6.61 Å². The highest BCUT2D eigenvalue weighted by Gasteiger charge is 2.17. The first-order chi connectivity index (χ1) is 15.0. The number of aliphatic hydroxyl groups is 1. The van der Waals surface area contributed by atoms with Gasteiger partial charge in [0.15, 0.2) is 11.5 Å². The Bertz CT molecular complexity index is 928. The second-order valence-corrected chi connectivity index (χ2v) is 6.78. The largest absolute Gasteiger partial charge is 0.490 e. The van der Waals surface area contributed by atoms with E-state index in [-0.39, 0.29) is 30.2 Å². The van der Waals surface area contributed by atoms with Gasteiger partial charge in [0, 0.05) is 6.07 Å². The number of hydrogen-bond donors (Lipinski definition) is 1. The average Bonchev–Trinajstić information content (AvgIpc) is 2.76. The molecule has 0 fully saturated rings. The maximum absolute atomic E-state index is 11.3. The lowest BCUT2D eigenvalue weighted by Crippen LogP contribution is -2.05. The van der Waals surface area contributed by atoms with E-state index in [1.165, 1.54) is 18.2 Å². The molecule has 2 rings (SSSR count). The molecule has 2 aromatic rings. The van der Waals surface area contributed by atoms with E-state index in [4.69, 9.17) is 14.6 Å². The number of benzene rings is 2. The van der Waals surface area contributed by atoms with Gasteiger partial charge >= 0.3 is 0 Å². The molecule has 0 amide bonds. The van der Waals surface area contributed by atoms with Crippen LogP contribution in [0.4, 0.5) is 11.4 Å². The Balaban J connectivity index is 2.23. The minimum atomic E-state index is -0.671. The molecule has 0 radical (unpaired) electrons. The Morgan fingerprint density at radius 1 is 0.903 bits per heavy atom. The van der Waals surface area contributed by atoms with Gasteiger partial charge in [-0.2, -0.15) is 0 Å². The van der Waals surface area contributed by atoms with Crippen LogP contribution in [0.5, 0.6) is 11.5 Å². The van der Waals surface area contributed by atoms with Crippen molar-refractivity contribution in [2.75, 3.05) is 19.8 Å². The maximum atomic E-state index is 11.3. The molecule has 0 saturated heterocycles. The van der Waals surface area contributed by atoms with E-state index in [0.717, 1.165) is 31.7 Å². The van der Waals surface area contributed by atoms with Crippen molar-refractivity contribution < 1.29 is 24.4 Å². The van der Waals surface area contributed by atoms with Crippen LogP contribution in [0.3, 0.4) is 0 Å². The Morgan fingerprint density at radius 2 is 1.68 bits per heavy atom. The molecule has 1 N–H and O–H groups in total. The summed E-state index contributed by atoms with van der Waals surface area (Å²) in [6, 6.07) is 8.72. The first-order valence-electron chi connectivity index (χ1n) is 10.1. The zero-order chi connectivity index (χ0) is 22.6. The van der Waals surface area contributed by atoms with Gasteiger partial charge < -0.3 is 14.6 Å². The van der Waals surface area contributed by atoms with Crippen molar-refractivity contribution in [3.63, 3.8) is 0 Å². The van der Waals surface area contributed by atoms with Gasteiger partial charge in [-0.15, -0.1) is 0 Å². The molecule has 166 valence electrons. The van der Waals surface area contributed by atoms with Crippen molar-refractivity contribution in [2.24, 2.45) is 0 Å². The lowest BCUT2D eigenvalue weighted by molar-refractivity contribution is -0.394. The van der Waals surface area contributed by atoms with Gasteiger partial charge in [0.05, 0.1) is 34.7 Å². The second kappa shape index (κ2) is 12.3. The Hall–Kier alpha value is -3.46. The van der Waals surface area contributed by atoms with Crippen LogP contribution in [0.25, 0.3) is 12.2 Å². The number of aliphatic hydroxyl groups excluding tert-OH is 1. The molecule has 31 heavy (non-hydrogen) atoms. The first kappa shape index (κ1) is 23.8. The third-order valence-corrected chi connectivity index (χ3v) is 4.45. The monoisotopic (exact) mass is 430 g/mol. The summed E-state index contributed by atoms with van der Waals surface area (Å²) in [5.41, 5.74) is 0.277. The van der Waals surface area contributed by atoms with E-state index in [1.807, 2.05) is 0 Å². The van der Waals surface area contributed by atoms with Gasteiger partial charge in [-0.25, -0.2) is 0 Å². The summed E-state index contributed by atoms with van der Waals surface area (Å²) < 4.78 is 11.4. The number of non-ortho nitro benzene ring substituents is 1. The van der Waals surface area contributed by atoms with Crippen LogP contribution in [-0.4, -0.2) is 34.8 Å². The van der Waals surface area contributed by atoms with Crippen molar-refractivity contribution in [3.8, 4) is 11.5 Å². The number of unbranched alkanes of at least 4 members (excludes halogenated alkanes) is 3. The zero-order valence-corrected chi connectivity index (χ0v) is 17.4. The van der Waals surface area contributed by atoms with Crippen LogP contribution in [0.15, 0.2) is 36.4 Å². The minimum absolute atomic E-state index is 0.124. The second-order valence-electron chi connectivity index (χ2n) is 6.78.